The Balaban J connectivity index is 2.20. The van der Waals surface area contributed by atoms with Crippen molar-refractivity contribution in [1.29, 1.82) is 0 Å². The molecule has 20 heavy (non-hydrogen) atoms. The lowest BCUT2D eigenvalue weighted by Gasteiger charge is -2.17. The van der Waals surface area contributed by atoms with E-state index in [2.05, 4.69) is 5.32 Å². The molecule has 104 valence electrons. The Hall–Kier alpha value is -2.33. The van der Waals surface area contributed by atoms with E-state index in [0.717, 1.165) is 11.1 Å². The van der Waals surface area contributed by atoms with Crippen LogP contribution in [-0.2, 0) is 9.53 Å². The van der Waals surface area contributed by atoms with E-state index in [1.807, 2.05) is 49.4 Å². The third kappa shape index (κ3) is 2.97. The van der Waals surface area contributed by atoms with Crippen LogP contribution in [0.4, 0.5) is 11.4 Å². The maximum absolute atomic E-state index is 12.3. The number of hydrogen-bond acceptors (Lipinski definition) is 3. The van der Waals surface area contributed by atoms with Crippen LogP contribution in [0.15, 0.2) is 48.5 Å². The van der Waals surface area contributed by atoms with Crippen molar-refractivity contribution in [2.24, 2.45) is 0 Å². The SMILES string of the molecule is COC(C(=O)Nc1cccc(N)c1C)c1ccccc1. The van der Waals surface area contributed by atoms with Crippen molar-refractivity contribution >= 4 is 17.3 Å². The summed E-state index contributed by atoms with van der Waals surface area (Å²) in [4.78, 5) is 12.3. The average Bonchev–Trinajstić information content (AvgIpc) is 2.46. The van der Waals surface area contributed by atoms with Gasteiger partial charge in [0.1, 0.15) is 0 Å². The molecule has 1 unspecified atom stereocenters. The smallest absolute Gasteiger partial charge is 0.258 e. The number of ether oxygens (including phenoxy) is 1. The summed E-state index contributed by atoms with van der Waals surface area (Å²) in [5.41, 5.74) is 8.85. The Morgan fingerprint density at radius 3 is 2.50 bits per heavy atom. The maximum Gasteiger partial charge on any atom is 0.258 e. The van der Waals surface area contributed by atoms with Gasteiger partial charge in [-0.3, -0.25) is 4.79 Å². The van der Waals surface area contributed by atoms with Crippen molar-refractivity contribution in [1.82, 2.24) is 0 Å². The van der Waals surface area contributed by atoms with Gasteiger partial charge in [-0.05, 0) is 30.2 Å². The van der Waals surface area contributed by atoms with Gasteiger partial charge in [0.15, 0.2) is 6.10 Å². The van der Waals surface area contributed by atoms with Crippen molar-refractivity contribution in [3.05, 3.63) is 59.7 Å². The van der Waals surface area contributed by atoms with Gasteiger partial charge in [-0.1, -0.05) is 36.4 Å². The average molecular weight is 270 g/mol. The van der Waals surface area contributed by atoms with Crippen LogP contribution in [0.25, 0.3) is 0 Å². The molecule has 0 saturated carbocycles. The van der Waals surface area contributed by atoms with Crippen LogP contribution in [0.1, 0.15) is 17.2 Å². The summed E-state index contributed by atoms with van der Waals surface area (Å²) < 4.78 is 5.30. The second kappa shape index (κ2) is 6.21. The van der Waals surface area contributed by atoms with Crippen molar-refractivity contribution < 1.29 is 9.53 Å². The number of carbonyl (C=O) groups is 1. The van der Waals surface area contributed by atoms with Crippen LogP contribution in [0.5, 0.6) is 0 Å². The molecule has 0 heterocycles. The van der Waals surface area contributed by atoms with Gasteiger partial charge in [0.05, 0.1) is 0 Å². The van der Waals surface area contributed by atoms with E-state index in [-0.39, 0.29) is 5.91 Å². The Morgan fingerprint density at radius 2 is 1.85 bits per heavy atom. The Morgan fingerprint density at radius 1 is 1.15 bits per heavy atom. The predicted octanol–water partition coefficient (Wildman–Crippen LogP) is 2.90. The molecule has 4 heteroatoms. The van der Waals surface area contributed by atoms with Gasteiger partial charge in [0, 0.05) is 18.5 Å². The molecule has 0 aromatic heterocycles. The molecule has 1 atom stereocenters. The number of amides is 1. The van der Waals surface area contributed by atoms with E-state index >= 15 is 0 Å². The van der Waals surface area contributed by atoms with E-state index in [0.29, 0.717) is 11.4 Å². The zero-order valence-electron chi connectivity index (χ0n) is 11.6. The van der Waals surface area contributed by atoms with Crippen LogP contribution in [0, 0.1) is 6.92 Å². The molecule has 2 rings (SSSR count). The van der Waals surface area contributed by atoms with Gasteiger partial charge < -0.3 is 15.8 Å². The summed E-state index contributed by atoms with van der Waals surface area (Å²) >= 11 is 0. The molecular formula is C16H18N2O2. The van der Waals surface area contributed by atoms with Gasteiger partial charge in [-0.15, -0.1) is 0 Å². The van der Waals surface area contributed by atoms with Crippen LogP contribution >= 0.6 is 0 Å². The van der Waals surface area contributed by atoms with Gasteiger partial charge in [-0.2, -0.15) is 0 Å². The standard InChI is InChI=1S/C16H18N2O2/c1-11-13(17)9-6-10-14(11)18-16(19)15(20-2)12-7-4-3-5-8-12/h3-10,15H,17H2,1-2H3,(H,18,19). The molecule has 0 fully saturated rings. The van der Waals surface area contributed by atoms with Crippen molar-refractivity contribution in [3.8, 4) is 0 Å². The number of carbonyl (C=O) groups excluding carboxylic acids is 1. The largest absolute Gasteiger partial charge is 0.398 e. The topological polar surface area (TPSA) is 64.3 Å². The van der Waals surface area contributed by atoms with E-state index in [4.69, 9.17) is 10.5 Å². The van der Waals surface area contributed by atoms with E-state index in [1.165, 1.54) is 7.11 Å². The van der Waals surface area contributed by atoms with Crippen molar-refractivity contribution in [3.63, 3.8) is 0 Å². The summed E-state index contributed by atoms with van der Waals surface area (Å²) in [5, 5.41) is 2.86. The van der Waals surface area contributed by atoms with Crippen molar-refractivity contribution in [2.75, 3.05) is 18.2 Å². The molecule has 0 aliphatic heterocycles. The predicted molar refractivity (Wildman–Crippen MR) is 80.4 cm³/mol. The monoisotopic (exact) mass is 270 g/mol. The highest BCUT2D eigenvalue weighted by molar-refractivity contribution is 5.96. The van der Waals surface area contributed by atoms with Gasteiger partial charge in [0.25, 0.3) is 5.91 Å². The number of rotatable bonds is 4. The highest BCUT2D eigenvalue weighted by Gasteiger charge is 2.20. The zero-order valence-corrected chi connectivity index (χ0v) is 11.6. The first-order valence-electron chi connectivity index (χ1n) is 6.37. The summed E-state index contributed by atoms with van der Waals surface area (Å²) in [6.45, 7) is 1.87. The Bertz CT molecular complexity index is 597. The minimum Gasteiger partial charge on any atom is -0.398 e. The van der Waals surface area contributed by atoms with E-state index < -0.39 is 6.10 Å². The number of hydrogen-bond donors (Lipinski definition) is 2. The number of nitrogens with one attached hydrogen (secondary N) is 1. The second-order valence-electron chi connectivity index (χ2n) is 4.54. The normalized spacial score (nSPS) is 11.9. The van der Waals surface area contributed by atoms with Crippen LogP contribution in [0.3, 0.4) is 0 Å². The molecule has 3 N–H and O–H groups in total. The number of methoxy groups -OCH3 is 1. The van der Waals surface area contributed by atoms with Crippen LogP contribution in [0.2, 0.25) is 0 Å². The van der Waals surface area contributed by atoms with Gasteiger partial charge in [0.2, 0.25) is 0 Å². The van der Waals surface area contributed by atoms with Crippen molar-refractivity contribution in [2.45, 2.75) is 13.0 Å². The fourth-order valence-corrected chi connectivity index (χ4v) is 2.01. The molecule has 0 bridgehead atoms. The minimum atomic E-state index is -0.642. The summed E-state index contributed by atoms with van der Waals surface area (Å²) in [5.74, 6) is -0.215. The van der Waals surface area contributed by atoms with Crippen LogP contribution < -0.4 is 11.1 Å². The molecule has 0 aliphatic carbocycles. The first kappa shape index (κ1) is 14.1. The third-order valence-corrected chi connectivity index (χ3v) is 3.21. The van der Waals surface area contributed by atoms with Gasteiger partial charge >= 0.3 is 0 Å². The summed E-state index contributed by atoms with van der Waals surface area (Å²) in [6.07, 6.45) is -0.642. The molecule has 1 amide bonds. The van der Waals surface area contributed by atoms with E-state index in [9.17, 15) is 4.79 Å². The number of anilines is 2. The molecule has 2 aromatic rings. The van der Waals surface area contributed by atoms with Crippen LogP contribution in [-0.4, -0.2) is 13.0 Å². The number of nitrogen functional groups attached to an aromatic ring is 1. The zero-order chi connectivity index (χ0) is 14.5. The number of nitrogens with two attached hydrogens (primary N) is 1. The fraction of sp³-hybridized carbons (Fsp3) is 0.188. The lowest BCUT2D eigenvalue weighted by Crippen LogP contribution is -2.23. The maximum atomic E-state index is 12.3. The fourth-order valence-electron chi connectivity index (χ4n) is 2.01. The second-order valence-corrected chi connectivity index (χ2v) is 4.54. The molecule has 2 aromatic carbocycles. The molecule has 4 nitrogen and oxygen atoms in total. The lowest BCUT2D eigenvalue weighted by molar-refractivity contribution is -0.126. The highest BCUT2D eigenvalue weighted by atomic mass is 16.5. The summed E-state index contributed by atoms with van der Waals surface area (Å²) in [7, 11) is 1.52. The molecule has 0 aliphatic rings. The van der Waals surface area contributed by atoms with E-state index in [1.54, 1.807) is 6.07 Å². The number of benzene rings is 2. The first-order valence-corrected chi connectivity index (χ1v) is 6.37. The minimum absolute atomic E-state index is 0.215. The summed E-state index contributed by atoms with van der Waals surface area (Å²) in [6, 6.07) is 14.8. The van der Waals surface area contributed by atoms with Gasteiger partial charge in [-0.25, -0.2) is 0 Å². The third-order valence-electron chi connectivity index (χ3n) is 3.21. The molecule has 0 spiro atoms. The molecular weight excluding hydrogens is 252 g/mol. The highest BCUT2D eigenvalue weighted by Crippen LogP contribution is 2.23. The first-order chi connectivity index (χ1) is 9.63. The quantitative estimate of drug-likeness (QED) is 0.840. The molecule has 0 saturated heterocycles. The lowest BCUT2D eigenvalue weighted by atomic mass is 10.1. The Kier molecular flexibility index (Phi) is 4.38. The Labute approximate surface area is 118 Å². The molecule has 0 radical (unpaired) electrons.